The number of carbonyl (C=O) groups excluding carboxylic acids is 1. The van der Waals surface area contributed by atoms with Crippen LogP contribution in [0, 0.1) is 11.8 Å². The van der Waals surface area contributed by atoms with E-state index in [1.165, 1.54) is 32.1 Å². The lowest BCUT2D eigenvalue weighted by Gasteiger charge is -2.61. The molecule has 2 atom stereocenters. The standard InChI is InChI=1S/C12H20N2O/c1-8(15)14-12-5-9-2-10(6-12)4-11(13,3-9)7-12/h9-10H,2-7,13H2,1H3,(H,14,15). The van der Waals surface area contributed by atoms with Gasteiger partial charge in [-0.3, -0.25) is 4.79 Å². The van der Waals surface area contributed by atoms with Gasteiger partial charge in [0.25, 0.3) is 0 Å². The van der Waals surface area contributed by atoms with Crippen LogP contribution in [-0.2, 0) is 4.79 Å². The second kappa shape index (κ2) is 2.76. The average molecular weight is 208 g/mol. The number of nitrogens with one attached hydrogen (secondary N) is 1. The van der Waals surface area contributed by atoms with Gasteiger partial charge in [0.2, 0.25) is 5.91 Å². The Morgan fingerprint density at radius 3 is 2.33 bits per heavy atom. The Balaban J connectivity index is 1.89. The molecule has 1 amide bonds. The molecule has 0 aromatic carbocycles. The Bertz CT molecular complexity index is 299. The maximum absolute atomic E-state index is 11.3. The van der Waals surface area contributed by atoms with Crippen molar-refractivity contribution in [3.05, 3.63) is 0 Å². The lowest BCUT2D eigenvalue weighted by Crippen LogP contribution is -2.68. The lowest BCUT2D eigenvalue weighted by atomic mass is 9.50. The van der Waals surface area contributed by atoms with Gasteiger partial charge in [0.15, 0.2) is 0 Å². The number of carbonyl (C=O) groups is 1. The summed E-state index contributed by atoms with van der Waals surface area (Å²) < 4.78 is 0. The highest BCUT2D eigenvalue weighted by molar-refractivity contribution is 5.74. The Morgan fingerprint density at radius 2 is 1.87 bits per heavy atom. The highest BCUT2D eigenvalue weighted by Gasteiger charge is 2.56. The molecule has 2 unspecified atom stereocenters. The molecule has 0 radical (unpaired) electrons. The minimum absolute atomic E-state index is 0.0343. The van der Waals surface area contributed by atoms with Crippen LogP contribution in [0.4, 0.5) is 0 Å². The third kappa shape index (κ3) is 1.48. The van der Waals surface area contributed by atoms with Gasteiger partial charge >= 0.3 is 0 Å². The van der Waals surface area contributed by atoms with Crippen molar-refractivity contribution in [3.8, 4) is 0 Å². The Labute approximate surface area is 90.8 Å². The molecule has 0 aromatic rings. The SMILES string of the molecule is CC(=O)NC12CC3CC(CC(N)(C3)C1)C2. The van der Waals surface area contributed by atoms with Crippen molar-refractivity contribution in [2.75, 3.05) is 0 Å². The predicted octanol–water partition coefficient (Wildman–Crippen LogP) is 1.17. The van der Waals surface area contributed by atoms with E-state index in [2.05, 4.69) is 5.32 Å². The summed E-state index contributed by atoms with van der Waals surface area (Å²) in [6.07, 6.45) is 7.06. The minimum atomic E-state index is 0.0343. The molecule has 4 saturated carbocycles. The molecule has 4 aliphatic rings. The van der Waals surface area contributed by atoms with Crippen LogP contribution >= 0.6 is 0 Å². The average Bonchev–Trinajstić information content (AvgIpc) is 1.94. The number of hydrogen-bond acceptors (Lipinski definition) is 2. The molecule has 0 spiro atoms. The van der Waals surface area contributed by atoms with E-state index in [4.69, 9.17) is 5.73 Å². The topological polar surface area (TPSA) is 55.1 Å². The quantitative estimate of drug-likeness (QED) is 0.679. The first-order valence-electron chi connectivity index (χ1n) is 6.06. The molecule has 4 bridgehead atoms. The van der Waals surface area contributed by atoms with Crippen LogP contribution in [-0.4, -0.2) is 17.0 Å². The fourth-order valence-corrected chi connectivity index (χ4v) is 4.85. The summed E-state index contributed by atoms with van der Waals surface area (Å²) in [7, 11) is 0. The summed E-state index contributed by atoms with van der Waals surface area (Å²) in [6.45, 7) is 1.63. The summed E-state index contributed by atoms with van der Waals surface area (Å²) in [5.41, 5.74) is 6.52. The van der Waals surface area contributed by atoms with E-state index in [9.17, 15) is 4.79 Å². The second-order valence-corrected chi connectivity index (χ2v) is 6.28. The maximum atomic E-state index is 11.3. The molecule has 0 aliphatic heterocycles. The van der Waals surface area contributed by atoms with Crippen LogP contribution < -0.4 is 11.1 Å². The Morgan fingerprint density at radius 1 is 1.27 bits per heavy atom. The molecule has 3 N–H and O–H groups in total. The highest BCUT2D eigenvalue weighted by Crippen LogP contribution is 2.56. The molecule has 4 rings (SSSR count). The van der Waals surface area contributed by atoms with Gasteiger partial charge in [0, 0.05) is 18.0 Å². The van der Waals surface area contributed by atoms with E-state index in [1.807, 2.05) is 0 Å². The summed E-state index contributed by atoms with van der Waals surface area (Å²) in [5, 5.41) is 3.19. The van der Waals surface area contributed by atoms with Crippen molar-refractivity contribution in [3.63, 3.8) is 0 Å². The van der Waals surface area contributed by atoms with Gasteiger partial charge in [-0.2, -0.15) is 0 Å². The van der Waals surface area contributed by atoms with Gasteiger partial charge in [-0.15, -0.1) is 0 Å². The van der Waals surface area contributed by atoms with Crippen molar-refractivity contribution in [2.45, 2.75) is 56.5 Å². The summed E-state index contributed by atoms with van der Waals surface area (Å²) in [5.74, 6) is 1.65. The van der Waals surface area contributed by atoms with E-state index >= 15 is 0 Å². The van der Waals surface area contributed by atoms with Gasteiger partial charge in [0.05, 0.1) is 0 Å². The van der Waals surface area contributed by atoms with Crippen molar-refractivity contribution in [2.24, 2.45) is 17.6 Å². The van der Waals surface area contributed by atoms with E-state index in [0.717, 1.165) is 18.3 Å². The molecular weight excluding hydrogens is 188 g/mol. The van der Waals surface area contributed by atoms with Crippen molar-refractivity contribution in [1.29, 1.82) is 0 Å². The third-order valence-corrected chi connectivity index (χ3v) is 4.55. The van der Waals surface area contributed by atoms with Crippen LogP contribution in [0.5, 0.6) is 0 Å². The lowest BCUT2D eigenvalue weighted by molar-refractivity contribution is -0.125. The molecule has 15 heavy (non-hydrogen) atoms. The van der Waals surface area contributed by atoms with E-state index in [0.29, 0.717) is 0 Å². The molecule has 0 aromatic heterocycles. The van der Waals surface area contributed by atoms with Crippen molar-refractivity contribution >= 4 is 5.91 Å². The van der Waals surface area contributed by atoms with E-state index < -0.39 is 0 Å². The molecule has 4 fully saturated rings. The summed E-state index contributed by atoms with van der Waals surface area (Å²) >= 11 is 0. The zero-order valence-corrected chi connectivity index (χ0v) is 9.38. The van der Waals surface area contributed by atoms with Crippen LogP contribution in [0.15, 0.2) is 0 Å². The summed E-state index contributed by atoms with van der Waals surface area (Å²) in [6, 6.07) is 0. The molecule has 84 valence electrons. The number of hydrogen-bond donors (Lipinski definition) is 2. The zero-order chi connectivity index (χ0) is 10.7. The molecule has 0 heterocycles. The number of nitrogens with two attached hydrogens (primary N) is 1. The van der Waals surface area contributed by atoms with E-state index in [-0.39, 0.29) is 17.0 Å². The largest absolute Gasteiger partial charge is 0.351 e. The predicted molar refractivity (Wildman–Crippen MR) is 58.1 cm³/mol. The van der Waals surface area contributed by atoms with Crippen LogP contribution in [0.3, 0.4) is 0 Å². The molecule has 0 saturated heterocycles. The summed E-state index contributed by atoms with van der Waals surface area (Å²) in [4.78, 5) is 11.3. The van der Waals surface area contributed by atoms with Gasteiger partial charge in [-0.25, -0.2) is 0 Å². The van der Waals surface area contributed by atoms with Crippen molar-refractivity contribution in [1.82, 2.24) is 5.32 Å². The molecule has 3 heteroatoms. The maximum Gasteiger partial charge on any atom is 0.217 e. The minimum Gasteiger partial charge on any atom is -0.351 e. The zero-order valence-electron chi connectivity index (χ0n) is 9.38. The van der Waals surface area contributed by atoms with Crippen LogP contribution in [0.1, 0.15) is 45.4 Å². The van der Waals surface area contributed by atoms with Crippen LogP contribution in [0.25, 0.3) is 0 Å². The fourth-order valence-electron chi connectivity index (χ4n) is 4.85. The molecular formula is C12H20N2O. The first-order valence-corrected chi connectivity index (χ1v) is 6.06. The first-order chi connectivity index (χ1) is 6.99. The highest BCUT2D eigenvalue weighted by atomic mass is 16.1. The molecule has 3 nitrogen and oxygen atoms in total. The number of rotatable bonds is 1. The van der Waals surface area contributed by atoms with Gasteiger partial charge in [-0.05, 0) is 50.4 Å². The van der Waals surface area contributed by atoms with Gasteiger partial charge in [0.1, 0.15) is 0 Å². The number of amides is 1. The smallest absolute Gasteiger partial charge is 0.217 e. The normalized spacial score (nSPS) is 51.9. The fraction of sp³-hybridized carbons (Fsp3) is 0.917. The van der Waals surface area contributed by atoms with Crippen LogP contribution in [0.2, 0.25) is 0 Å². The molecule has 4 aliphatic carbocycles. The van der Waals surface area contributed by atoms with E-state index in [1.54, 1.807) is 6.92 Å². The third-order valence-electron chi connectivity index (χ3n) is 4.55. The van der Waals surface area contributed by atoms with Gasteiger partial charge in [-0.1, -0.05) is 0 Å². The second-order valence-electron chi connectivity index (χ2n) is 6.28. The van der Waals surface area contributed by atoms with Gasteiger partial charge < -0.3 is 11.1 Å². The van der Waals surface area contributed by atoms with Crippen molar-refractivity contribution < 1.29 is 4.79 Å². The monoisotopic (exact) mass is 208 g/mol. The first kappa shape index (κ1) is 9.64. The Hall–Kier alpha value is -0.570. The Kier molecular flexibility index (Phi) is 1.77.